The zero-order valence-corrected chi connectivity index (χ0v) is 9.55. The summed E-state index contributed by atoms with van der Waals surface area (Å²) < 4.78 is 5.19. The van der Waals surface area contributed by atoms with E-state index in [-0.39, 0.29) is 11.9 Å². The molecule has 0 aliphatic carbocycles. The van der Waals surface area contributed by atoms with Crippen LogP contribution < -0.4 is 10.6 Å². The molecule has 88 valence electrons. The monoisotopic (exact) mass is 214 g/mol. The largest absolute Gasteiger partial charge is 0.465 e. The average Bonchev–Trinajstić information content (AvgIpc) is 2.76. The van der Waals surface area contributed by atoms with E-state index in [0.29, 0.717) is 6.61 Å². The number of ether oxygens (including phenoxy) is 1. The number of hydrogen-bond donors (Lipinski definition) is 2. The van der Waals surface area contributed by atoms with Gasteiger partial charge in [0, 0.05) is 6.54 Å². The van der Waals surface area contributed by atoms with Crippen LogP contribution in [-0.2, 0) is 9.53 Å². The van der Waals surface area contributed by atoms with Crippen molar-refractivity contribution in [2.45, 2.75) is 26.2 Å². The van der Waals surface area contributed by atoms with Crippen LogP contribution in [0.15, 0.2) is 0 Å². The summed E-state index contributed by atoms with van der Waals surface area (Å²) in [4.78, 5) is 11.5. The number of carbonyl (C=O) groups is 1. The van der Waals surface area contributed by atoms with E-state index < -0.39 is 0 Å². The standard InChI is InChI=1S/C11H22N2O2/c1-2-5-12-6-3-8-15-11(14)10-4-7-13-9-10/h10,12-13H,2-9H2,1H3. The average molecular weight is 214 g/mol. The van der Waals surface area contributed by atoms with E-state index in [1.165, 1.54) is 0 Å². The lowest BCUT2D eigenvalue weighted by Crippen LogP contribution is -2.22. The molecule has 0 aromatic heterocycles. The molecule has 1 fully saturated rings. The van der Waals surface area contributed by atoms with Crippen LogP contribution in [0.5, 0.6) is 0 Å². The van der Waals surface area contributed by atoms with Crippen molar-refractivity contribution in [3.05, 3.63) is 0 Å². The molecular formula is C11H22N2O2. The van der Waals surface area contributed by atoms with Gasteiger partial charge in [-0.15, -0.1) is 0 Å². The fourth-order valence-electron chi connectivity index (χ4n) is 1.65. The van der Waals surface area contributed by atoms with Crippen molar-refractivity contribution in [2.24, 2.45) is 5.92 Å². The molecule has 1 rings (SSSR count). The van der Waals surface area contributed by atoms with Gasteiger partial charge in [-0.25, -0.2) is 0 Å². The van der Waals surface area contributed by atoms with Crippen molar-refractivity contribution >= 4 is 5.97 Å². The van der Waals surface area contributed by atoms with Crippen molar-refractivity contribution in [2.75, 3.05) is 32.8 Å². The molecule has 0 spiro atoms. The second-order valence-corrected chi connectivity index (χ2v) is 3.96. The van der Waals surface area contributed by atoms with Crippen molar-refractivity contribution in [1.29, 1.82) is 0 Å². The minimum Gasteiger partial charge on any atom is -0.465 e. The second-order valence-electron chi connectivity index (χ2n) is 3.96. The van der Waals surface area contributed by atoms with Crippen LogP contribution in [0, 0.1) is 5.92 Å². The molecule has 0 amide bonds. The lowest BCUT2D eigenvalue weighted by molar-refractivity contribution is -0.147. The predicted molar refractivity (Wildman–Crippen MR) is 59.7 cm³/mol. The van der Waals surface area contributed by atoms with Crippen molar-refractivity contribution in [3.63, 3.8) is 0 Å². The van der Waals surface area contributed by atoms with Gasteiger partial charge >= 0.3 is 5.97 Å². The highest BCUT2D eigenvalue weighted by Gasteiger charge is 2.23. The van der Waals surface area contributed by atoms with Crippen molar-refractivity contribution in [1.82, 2.24) is 10.6 Å². The first-order valence-electron chi connectivity index (χ1n) is 5.92. The lowest BCUT2D eigenvalue weighted by atomic mass is 10.1. The molecule has 2 N–H and O–H groups in total. The molecule has 0 saturated carbocycles. The first-order valence-corrected chi connectivity index (χ1v) is 5.92. The SMILES string of the molecule is CCCNCCCOC(=O)C1CCNC1. The highest BCUT2D eigenvalue weighted by atomic mass is 16.5. The maximum absolute atomic E-state index is 11.5. The van der Waals surface area contributed by atoms with Gasteiger partial charge in [0.2, 0.25) is 0 Å². The van der Waals surface area contributed by atoms with Crippen LogP contribution in [-0.4, -0.2) is 38.8 Å². The molecule has 1 saturated heterocycles. The van der Waals surface area contributed by atoms with Gasteiger partial charge in [0.05, 0.1) is 12.5 Å². The fourth-order valence-corrected chi connectivity index (χ4v) is 1.65. The molecular weight excluding hydrogens is 192 g/mol. The summed E-state index contributed by atoms with van der Waals surface area (Å²) in [6, 6.07) is 0. The van der Waals surface area contributed by atoms with Gasteiger partial charge in [-0.05, 0) is 38.9 Å². The van der Waals surface area contributed by atoms with E-state index in [2.05, 4.69) is 17.6 Å². The van der Waals surface area contributed by atoms with Gasteiger partial charge in [0.15, 0.2) is 0 Å². The summed E-state index contributed by atoms with van der Waals surface area (Å²) in [5, 5.41) is 6.43. The van der Waals surface area contributed by atoms with Crippen LogP contribution in [0.1, 0.15) is 26.2 Å². The third kappa shape index (κ3) is 5.14. The van der Waals surface area contributed by atoms with Crippen molar-refractivity contribution < 1.29 is 9.53 Å². The Morgan fingerprint density at radius 3 is 3.07 bits per heavy atom. The Labute approximate surface area is 91.8 Å². The molecule has 0 radical (unpaired) electrons. The number of carbonyl (C=O) groups excluding carboxylic acids is 1. The Morgan fingerprint density at radius 2 is 2.40 bits per heavy atom. The van der Waals surface area contributed by atoms with E-state index in [1.807, 2.05) is 0 Å². The molecule has 4 heteroatoms. The first-order chi connectivity index (χ1) is 7.34. The molecule has 0 aromatic carbocycles. The van der Waals surface area contributed by atoms with E-state index >= 15 is 0 Å². The van der Waals surface area contributed by atoms with Gasteiger partial charge in [0.25, 0.3) is 0 Å². The van der Waals surface area contributed by atoms with Gasteiger partial charge in [0.1, 0.15) is 0 Å². The maximum atomic E-state index is 11.5. The van der Waals surface area contributed by atoms with Gasteiger partial charge in [-0.3, -0.25) is 4.79 Å². The van der Waals surface area contributed by atoms with Gasteiger partial charge in [-0.2, -0.15) is 0 Å². The summed E-state index contributed by atoms with van der Waals surface area (Å²) in [7, 11) is 0. The molecule has 0 aromatic rings. The molecule has 1 unspecified atom stereocenters. The maximum Gasteiger partial charge on any atom is 0.310 e. The smallest absolute Gasteiger partial charge is 0.310 e. The van der Waals surface area contributed by atoms with E-state index in [1.54, 1.807) is 0 Å². The van der Waals surface area contributed by atoms with E-state index in [4.69, 9.17) is 4.74 Å². The molecule has 1 heterocycles. The summed E-state index contributed by atoms with van der Waals surface area (Å²) in [5.74, 6) is 0.0593. The summed E-state index contributed by atoms with van der Waals surface area (Å²) in [6.07, 6.45) is 2.98. The van der Waals surface area contributed by atoms with E-state index in [0.717, 1.165) is 45.4 Å². The number of rotatable bonds is 7. The normalized spacial score (nSPS) is 20.5. The molecule has 0 bridgehead atoms. The fraction of sp³-hybridized carbons (Fsp3) is 0.909. The summed E-state index contributed by atoms with van der Waals surface area (Å²) in [6.45, 7) is 6.39. The number of nitrogens with one attached hydrogen (secondary N) is 2. The highest BCUT2D eigenvalue weighted by Crippen LogP contribution is 2.09. The number of esters is 1. The second kappa shape index (κ2) is 7.65. The van der Waals surface area contributed by atoms with Gasteiger partial charge < -0.3 is 15.4 Å². The Kier molecular flexibility index (Phi) is 6.36. The first kappa shape index (κ1) is 12.5. The number of hydrogen-bond acceptors (Lipinski definition) is 4. The highest BCUT2D eigenvalue weighted by molar-refractivity contribution is 5.73. The van der Waals surface area contributed by atoms with Crippen LogP contribution in [0.4, 0.5) is 0 Å². The van der Waals surface area contributed by atoms with Crippen molar-refractivity contribution in [3.8, 4) is 0 Å². The zero-order valence-electron chi connectivity index (χ0n) is 9.55. The van der Waals surface area contributed by atoms with Crippen LogP contribution in [0.3, 0.4) is 0 Å². The Balaban J connectivity index is 1.92. The molecule has 4 nitrogen and oxygen atoms in total. The zero-order chi connectivity index (χ0) is 10.9. The Morgan fingerprint density at radius 1 is 1.53 bits per heavy atom. The predicted octanol–water partition coefficient (Wildman–Crippen LogP) is 0.529. The van der Waals surface area contributed by atoms with Crippen LogP contribution >= 0.6 is 0 Å². The minimum absolute atomic E-state index is 0.0320. The minimum atomic E-state index is -0.0320. The van der Waals surface area contributed by atoms with Crippen LogP contribution in [0.25, 0.3) is 0 Å². The summed E-state index contributed by atoms with van der Waals surface area (Å²) >= 11 is 0. The topological polar surface area (TPSA) is 50.4 Å². The Hall–Kier alpha value is -0.610. The van der Waals surface area contributed by atoms with Crippen LogP contribution in [0.2, 0.25) is 0 Å². The Bertz CT molecular complexity index is 179. The van der Waals surface area contributed by atoms with E-state index in [9.17, 15) is 4.79 Å². The molecule has 15 heavy (non-hydrogen) atoms. The summed E-state index contributed by atoms with van der Waals surface area (Å²) in [5.41, 5.74) is 0. The molecule has 1 atom stereocenters. The lowest BCUT2D eigenvalue weighted by Gasteiger charge is -2.09. The third-order valence-corrected chi connectivity index (χ3v) is 2.56. The molecule has 1 aliphatic heterocycles. The quantitative estimate of drug-likeness (QED) is 0.479. The molecule has 1 aliphatic rings. The van der Waals surface area contributed by atoms with Gasteiger partial charge in [-0.1, -0.05) is 6.92 Å². The third-order valence-electron chi connectivity index (χ3n) is 2.56.